The SMILES string of the molecule is COc1ccc(OC)c(CCNC(=O)C(C)n2nc(-c3ccccc3)c3ccccc32)c1. The van der Waals surface area contributed by atoms with E-state index in [4.69, 9.17) is 14.6 Å². The second kappa shape index (κ2) is 9.56. The van der Waals surface area contributed by atoms with E-state index in [1.165, 1.54) is 0 Å². The van der Waals surface area contributed by atoms with Gasteiger partial charge >= 0.3 is 0 Å². The molecule has 1 aromatic heterocycles. The minimum atomic E-state index is -0.454. The number of methoxy groups -OCH3 is 2. The normalized spacial score (nSPS) is 11.8. The van der Waals surface area contributed by atoms with Crippen LogP contribution in [0.1, 0.15) is 18.5 Å². The molecule has 1 amide bonds. The van der Waals surface area contributed by atoms with Crippen LogP contribution in [0.25, 0.3) is 22.2 Å². The standard InChI is InChI=1S/C26H27N3O3/c1-18(26(30)27-16-15-20-17-21(31-2)13-14-24(20)32-3)29-23-12-8-7-11-22(23)25(28-29)19-9-5-4-6-10-19/h4-14,17-18H,15-16H2,1-3H3,(H,27,30). The average Bonchev–Trinajstić information content (AvgIpc) is 3.23. The number of nitrogens with zero attached hydrogens (tertiary/aromatic N) is 2. The smallest absolute Gasteiger partial charge is 0.244 e. The van der Waals surface area contributed by atoms with Crippen LogP contribution in [0.15, 0.2) is 72.8 Å². The van der Waals surface area contributed by atoms with Crippen LogP contribution >= 0.6 is 0 Å². The van der Waals surface area contributed by atoms with Crippen LogP contribution in [-0.2, 0) is 11.2 Å². The molecule has 0 fully saturated rings. The molecule has 0 aliphatic rings. The van der Waals surface area contributed by atoms with Gasteiger partial charge in [-0.05, 0) is 43.2 Å². The maximum atomic E-state index is 13.0. The largest absolute Gasteiger partial charge is 0.497 e. The highest BCUT2D eigenvalue weighted by molar-refractivity contribution is 5.94. The summed E-state index contributed by atoms with van der Waals surface area (Å²) in [6.45, 7) is 2.35. The second-order valence-electron chi connectivity index (χ2n) is 7.57. The van der Waals surface area contributed by atoms with Gasteiger partial charge in [-0.3, -0.25) is 9.48 Å². The van der Waals surface area contributed by atoms with E-state index in [1.807, 2.05) is 79.7 Å². The molecule has 4 rings (SSSR count). The Balaban J connectivity index is 1.51. The Morgan fingerprint density at radius 1 is 1.00 bits per heavy atom. The summed E-state index contributed by atoms with van der Waals surface area (Å²) in [6.07, 6.45) is 0.633. The lowest BCUT2D eigenvalue weighted by atomic mass is 10.1. The summed E-state index contributed by atoms with van der Waals surface area (Å²) in [5, 5.41) is 8.88. The van der Waals surface area contributed by atoms with Crippen molar-refractivity contribution < 1.29 is 14.3 Å². The highest BCUT2D eigenvalue weighted by Gasteiger charge is 2.21. The summed E-state index contributed by atoms with van der Waals surface area (Å²) in [5.41, 5.74) is 3.82. The number of ether oxygens (including phenoxy) is 2. The summed E-state index contributed by atoms with van der Waals surface area (Å²) in [4.78, 5) is 13.0. The van der Waals surface area contributed by atoms with Crippen molar-refractivity contribution in [3.8, 4) is 22.8 Å². The zero-order valence-corrected chi connectivity index (χ0v) is 18.5. The molecule has 164 valence electrons. The first-order valence-electron chi connectivity index (χ1n) is 10.6. The molecule has 6 heteroatoms. The maximum absolute atomic E-state index is 13.0. The summed E-state index contributed by atoms with van der Waals surface area (Å²) in [6, 6.07) is 23.2. The van der Waals surface area contributed by atoms with E-state index < -0.39 is 6.04 Å². The molecule has 1 unspecified atom stereocenters. The lowest BCUT2D eigenvalue weighted by molar-refractivity contribution is -0.124. The molecule has 0 aliphatic heterocycles. The van der Waals surface area contributed by atoms with Gasteiger partial charge in [-0.15, -0.1) is 0 Å². The second-order valence-corrected chi connectivity index (χ2v) is 7.57. The summed E-state index contributed by atoms with van der Waals surface area (Å²) in [7, 11) is 3.27. The third-order valence-corrected chi connectivity index (χ3v) is 5.59. The van der Waals surface area contributed by atoms with Crippen molar-refractivity contribution in [2.24, 2.45) is 0 Å². The van der Waals surface area contributed by atoms with Crippen LogP contribution in [0, 0.1) is 0 Å². The van der Waals surface area contributed by atoms with Crippen LogP contribution in [0.5, 0.6) is 11.5 Å². The molecule has 0 saturated carbocycles. The number of hydrogen-bond acceptors (Lipinski definition) is 4. The minimum Gasteiger partial charge on any atom is -0.497 e. The van der Waals surface area contributed by atoms with E-state index in [9.17, 15) is 4.79 Å². The van der Waals surface area contributed by atoms with Crippen LogP contribution in [0.3, 0.4) is 0 Å². The molecule has 0 radical (unpaired) electrons. The van der Waals surface area contributed by atoms with Gasteiger partial charge in [0, 0.05) is 17.5 Å². The predicted molar refractivity (Wildman–Crippen MR) is 126 cm³/mol. The highest BCUT2D eigenvalue weighted by Crippen LogP contribution is 2.29. The number of para-hydroxylation sites is 1. The number of aromatic nitrogens is 2. The number of fused-ring (bicyclic) bond motifs is 1. The van der Waals surface area contributed by atoms with Gasteiger partial charge in [0.1, 0.15) is 23.2 Å². The Labute approximate surface area is 187 Å². The van der Waals surface area contributed by atoms with Gasteiger partial charge < -0.3 is 14.8 Å². The molecule has 1 heterocycles. The average molecular weight is 430 g/mol. The first kappa shape index (κ1) is 21.4. The Kier molecular flexibility index (Phi) is 6.40. The van der Waals surface area contributed by atoms with E-state index in [-0.39, 0.29) is 5.91 Å². The predicted octanol–water partition coefficient (Wildman–Crippen LogP) is 4.64. The van der Waals surface area contributed by atoms with Crippen molar-refractivity contribution >= 4 is 16.8 Å². The molecule has 4 aromatic rings. The lowest BCUT2D eigenvalue weighted by Gasteiger charge is -2.15. The van der Waals surface area contributed by atoms with Crippen LogP contribution in [-0.4, -0.2) is 36.5 Å². The van der Waals surface area contributed by atoms with Gasteiger partial charge in [0.15, 0.2) is 0 Å². The molecule has 32 heavy (non-hydrogen) atoms. The van der Waals surface area contributed by atoms with Crippen molar-refractivity contribution in [2.45, 2.75) is 19.4 Å². The van der Waals surface area contributed by atoms with E-state index in [1.54, 1.807) is 18.9 Å². The number of hydrogen-bond donors (Lipinski definition) is 1. The van der Waals surface area contributed by atoms with Crippen molar-refractivity contribution in [3.05, 3.63) is 78.4 Å². The molecule has 3 aromatic carbocycles. The zero-order valence-electron chi connectivity index (χ0n) is 18.5. The van der Waals surface area contributed by atoms with Gasteiger partial charge in [-0.1, -0.05) is 48.5 Å². The summed E-state index contributed by atoms with van der Waals surface area (Å²) in [5.74, 6) is 1.45. The maximum Gasteiger partial charge on any atom is 0.244 e. The van der Waals surface area contributed by atoms with Gasteiger partial charge in [0.2, 0.25) is 5.91 Å². The molecule has 0 spiro atoms. The first-order valence-corrected chi connectivity index (χ1v) is 10.6. The van der Waals surface area contributed by atoms with E-state index in [0.717, 1.165) is 39.2 Å². The molecule has 1 N–H and O–H groups in total. The molecule has 0 saturated heterocycles. The highest BCUT2D eigenvalue weighted by atomic mass is 16.5. The number of carbonyl (C=O) groups excluding carboxylic acids is 1. The quantitative estimate of drug-likeness (QED) is 0.443. The summed E-state index contributed by atoms with van der Waals surface area (Å²) >= 11 is 0. The van der Waals surface area contributed by atoms with Crippen LogP contribution < -0.4 is 14.8 Å². The Morgan fingerprint density at radius 2 is 1.75 bits per heavy atom. The van der Waals surface area contributed by atoms with Crippen molar-refractivity contribution in [2.75, 3.05) is 20.8 Å². The van der Waals surface area contributed by atoms with Gasteiger partial charge in [-0.2, -0.15) is 5.10 Å². The number of benzene rings is 3. The van der Waals surface area contributed by atoms with Crippen molar-refractivity contribution in [1.82, 2.24) is 15.1 Å². The van der Waals surface area contributed by atoms with Gasteiger partial charge in [0.25, 0.3) is 0 Å². The fourth-order valence-electron chi connectivity index (χ4n) is 3.85. The Hall–Kier alpha value is -3.80. The van der Waals surface area contributed by atoms with E-state index in [2.05, 4.69) is 5.32 Å². The fourth-order valence-corrected chi connectivity index (χ4v) is 3.85. The third kappa shape index (κ3) is 4.30. The Morgan fingerprint density at radius 3 is 2.50 bits per heavy atom. The number of rotatable bonds is 8. The minimum absolute atomic E-state index is 0.0836. The van der Waals surface area contributed by atoms with Gasteiger partial charge in [-0.25, -0.2) is 0 Å². The fraction of sp³-hybridized carbons (Fsp3) is 0.231. The van der Waals surface area contributed by atoms with Crippen LogP contribution in [0.2, 0.25) is 0 Å². The molecular weight excluding hydrogens is 402 g/mol. The zero-order chi connectivity index (χ0) is 22.5. The first-order chi connectivity index (χ1) is 15.6. The molecule has 6 nitrogen and oxygen atoms in total. The van der Waals surface area contributed by atoms with Crippen molar-refractivity contribution in [1.29, 1.82) is 0 Å². The number of nitrogens with one attached hydrogen (secondary N) is 1. The summed E-state index contributed by atoms with van der Waals surface area (Å²) < 4.78 is 12.5. The van der Waals surface area contributed by atoms with Gasteiger partial charge in [0.05, 0.1) is 19.7 Å². The molecular formula is C26H27N3O3. The van der Waals surface area contributed by atoms with E-state index >= 15 is 0 Å². The number of carbonyl (C=O) groups is 1. The number of amides is 1. The molecule has 0 bridgehead atoms. The Bertz CT molecular complexity index is 1220. The topological polar surface area (TPSA) is 65.4 Å². The monoisotopic (exact) mass is 429 g/mol. The van der Waals surface area contributed by atoms with E-state index in [0.29, 0.717) is 13.0 Å². The molecule has 0 aliphatic carbocycles. The lowest BCUT2D eigenvalue weighted by Crippen LogP contribution is -2.33. The molecule has 1 atom stereocenters. The van der Waals surface area contributed by atoms with Crippen molar-refractivity contribution in [3.63, 3.8) is 0 Å². The third-order valence-electron chi connectivity index (χ3n) is 5.59. The van der Waals surface area contributed by atoms with Crippen LogP contribution in [0.4, 0.5) is 0 Å².